The summed E-state index contributed by atoms with van der Waals surface area (Å²) in [7, 11) is 0. The third-order valence-corrected chi connectivity index (χ3v) is 3.38. The van der Waals surface area contributed by atoms with E-state index in [0.29, 0.717) is 19.6 Å². The van der Waals surface area contributed by atoms with Gasteiger partial charge in [-0.3, -0.25) is 9.48 Å². The Hall–Kier alpha value is -2.10. The number of Topliss-reactive ketones (excluding diaryl/α,β-unsaturated/α-hetero) is 1. The molecular formula is C15H16N2O2. The quantitative estimate of drug-likeness (QED) is 0.844. The van der Waals surface area contributed by atoms with Crippen LogP contribution in [0.15, 0.2) is 36.7 Å². The lowest BCUT2D eigenvalue weighted by Crippen LogP contribution is -2.12. The van der Waals surface area contributed by atoms with Gasteiger partial charge in [0.05, 0.1) is 6.54 Å². The summed E-state index contributed by atoms with van der Waals surface area (Å²) in [6.45, 7) is 1.26. The van der Waals surface area contributed by atoms with E-state index in [0.717, 1.165) is 29.7 Å². The number of fused-ring (bicyclic) bond motifs is 1. The number of hydrogen-bond donors (Lipinski definition) is 0. The monoisotopic (exact) mass is 256 g/mol. The molecule has 4 heteroatoms. The molecule has 1 aliphatic rings. The van der Waals surface area contributed by atoms with Crippen molar-refractivity contribution in [3.05, 3.63) is 47.8 Å². The lowest BCUT2D eigenvalue weighted by atomic mass is 9.90. The Bertz CT molecular complexity index is 576. The molecule has 2 aromatic rings. The van der Waals surface area contributed by atoms with E-state index < -0.39 is 0 Å². The van der Waals surface area contributed by atoms with E-state index in [9.17, 15) is 4.79 Å². The number of aromatic nitrogens is 2. The van der Waals surface area contributed by atoms with Crippen molar-refractivity contribution in [2.75, 3.05) is 6.61 Å². The maximum Gasteiger partial charge on any atom is 0.163 e. The summed E-state index contributed by atoms with van der Waals surface area (Å²) in [5.74, 6) is 1.000. The molecule has 0 fully saturated rings. The van der Waals surface area contributed by atoms with Crippen molar-refractivity contribution in [3.63, 3.8) is 0 Å². The van der Waals surface area contributed by atoms with Crippen molar-refractivity contribution in [1.29, 1.82) is 0 Å². The van der Waals surface area contributed by atoms with Crippen LogP contribution >= 0.6 is 0 Å². The molecule has 3 rings (SSSR count). The number of ketones is 1. The molecule has 0 spiro atoms. The normalized spacial score (nSPS) is 14.2. The molecule has 0 atom stereocenters. The highest BCUT2D eigenvalue weighted by atomic mass is 16.5. The Balaban J connectivity index is 1.65. The standard InChI is InChI=1S/C15H16N2O2/c18-15-4-1-3-12-5-6-13(11-14(12)15)19-10-9-17-8-2-7-16-17/h2,5-8,11H,1,3-4,9-10H2. The fourth-order valence-corrected chi connectivity index (χ4v) is 2.39. The molecule has 0 amide bonds. The number of nitrogens with zero attached hydrogens (tertiary/aromatic N) is 2. The van der Waals surface area contributed by atoms with Gasteiger partial charge in [0.2, 0.25) is 0 Å². The molecule has 0 bridgehead atoms. The molecule has 1 aromatic carbocycles. The molecule has 98 valence electrons. The van der Waals surface area contributed by atoms with E-state index in [2.05, 4.69) is 5.10 Å². The topological polar surface area (TPSA) is 44.1 Å². The molecule has 0 radical (unpaired) electrons. The maximum atomic E-state index is 11.8. The first-order valence-electron chi connectivity index (χ1n) is 6.59. The highest BCUT2D eigenvalue weighted by Crippen LogP contribution is 2.25. The third-order valence-electron chi connectivity index (χ3n) is 3.38. The highest BCUT2D eigenvalue weighted by Gasteiger charge is 2.17. The number of aryl methyl sites for hydroxylation is 1. The number of hydrogen-bond acceptors (Lipinski definition) is 3. The fraction of sp³-hybridized carbons (Fsp3) is 0.333. The van der Waals surface area contributed by atoms with Crippen LogP contribution in [0.3, 0.4) is 0 Å². The number of ether oxygens (including phenoxy) is 1. The van der Waals surface area contributed by atoms with E-state index in [1.54, 1.807) is 6.20 Å². The maximum absolute atomic E-state index is 11.8. The Kier molecular flexibility index (Phi) is 3.31. The lowest BCUT2D eigenvalue weighted by molar-refractivity contribution is 0.0972. The van der Waals surface area contributed by atoms with Crippen LogP contribution < -0.4 is 4.74 Å². The van der Waals surface area contributed by atoms with Gasteiger partial charge in [-0.1, -0.05) is 6.07 Å². The zero-order valence-electron chi connectivity index (χ0n) is 10.7. The van der Waals surface area contributed by atoms with Crippen LogP contribution in [0.2, 0.25) is 0 Å². The fourth-order valence-electron chi connectivity index (χ4n) is 2.39. The van der Waals surface area contributed by atoms with Crippen molar-refractivity contribution in [3.8, 4) is 5.75 Å². The Morgan fingerprint density at radius 3 is 3.11 bits per heavy atom. The summed E-state index contributed by atoms with van der Waals surface area (Å²) in [6, 6.07) is 7.72. The molecule has 4 nitrogen and oxygen atoms in total. The van der Waals surface area contributed by atoms with Crippen molar-refractivity contribution < 1.29 is 9.53 Å². The van der Waals surface area contributed by atoms with Crippen LogP contribution in [0.25, 0.3) is 0 Å². The molecule has 0 saturated carbocycles. The molecule has 0 unspecified atom stereocenters. The first-order valence-corrected chi connectivity index (χ1v) is 6.59. The van der Waals surface area contributed by atoms with Gasteiger partial charge in [-0.15, -0.1) is 0 Å². The Morgan fingerprint density at radius 2 is 2.26 bits per heavy atom. The number of rotatable bonds is 4. The van der Waals surface area contributed by atoms with Crippen LogP contribution in [-0.2, 0) is 13.0 Å². The van der Waals surface area contributed by atoms with Crippen molar-refractivity contribution in [2.45, 2.75) is 25.8 Å². The Labute approximate surface area is 112 Å². The molecule has 1 aliphatic carbocycles. The lowest BCUT2D eigenvalue weighted by Gasteiger charge is -2.15. The molecule has 1 heterocycles. The average molecular weight is 256 g/mol. The first-order chi connectivity index (χ1) is 9.33. The van der Waals surface area contributed by atoms with Gasteiger partial charge in [-0.2, -0.15) is 5.10 Å². The third kappa shape index (κ3) is 2.67. The van der Waals surface area contributed by atoms with Crippen LogP contribution in [-0.4, -0.2) is 22.2 Å². The molecule has 0 N–H and O–H groups in total. The van der Waals surface area contributed by atoms with Gasteiger partial charge in [0.1, 0.15) is 12.4 Å². The summed E-state index contributed by atoms with van der Waals surface area (Å²) in [5, 5.41) is 4.11. The SMILES string of the molecule is O=C1CCCc2ccc(OCCn3cccn3)cc21. The summed E-state index contributed by atoms with van der Waals surface area (Å²) in [5.41, 5.74) is 1.98. The van der Waals surface area contributed by atoms with Gasteiger partial charge >= 0.3 is 0 Å². The van der Waals surface area contributed by atoms with Gasteiger partial charge in [-0.25, -0.2) is 0 Å². The van der Waals surface area contributed by atoms with Crippen LogP contribution in [0, 0.1) is 0 Å². The summed E-state index contributed by atoms with van der Waals surface area (Å²) >= 11 is 0. The van der Waals surface area contributed by atoms with Crippen LogP contribution in [0.4, 0.5) is 0 Å². The van der Waals surface area contributed by atoms with Crippen molar-refractivity contribution in [1.82, 2.24) is 9.78 Å². The first kappa shape index (κ1) is 12.0. The second-order valence-corrected chi connectivity index (χ2v) is 4.71. The predicted molar refractivity (Wildman–Crippen MR) is 71.4 cm³/mol. The van der Waals surface area contributed by atoms with Gasteiger partial charge in [0.25, 0.3) is 0 Å². The van der Waals surface area contributed by atoms with E-state index in [-0.39, 0.29) is 5.78 Å². The van der Waals surface area contributed by atoms with Crippen LogP contribution in [0.1, 0.15) is 28.8 Å². The number of carbonyl (C=O) groups excluding carboxylic acids is 1. The molecule has 0 saturated heterocycles. The number of benzene rings is 1. The van der Waals surface area contributed by atoms with Gasteiger partial charge < -0.3 is 4.74 Å². The zero-order chi connectivity index (χ0) is 13.1. The second kappa shape index (κ2) is 5.26. The minimum Gasteiger partial charge on any atom is -0.492 e. The molecule has 1 aromatic heterocycles. The van der Waals surface area contributed by atoms with E-state index in [1.807, 2.05) is 35.1 Å². The molecule has 19 heavy (non-hydrogen) atoms. The van der Waals surface area contributed by atoms with Gasteiger partial charge in [-0.05, 0) is 36.6 Å². The largest absolute Gasteiger partial charge is 0.492 e. The summed E-state index contributed by atoms with van der Waals surface area (Å²) in [4.78, 5) is 11.8. The van der Waals surface area contributed by atoms with Crippen molar-refractivity contribution in [2.24, 2.45) is 0 Å². The smallest absolute Gasteiger partial charge is 0.163 e. The summed E-state index contributed by atoms with van der Waals surface area (Å²) < 4.78 is 7.50. The molecular weight excluding hydrogens is 240 g/mol. The Morgan fingerprint density at radius 1 is 1.32 bits per heavy atom. The highest BCUT2D eigenvalue weighted by molar-refractivity contribution is 5.98. The van der Waals surface area contributed by atoms with Gasteiger partial charge in [0.15, 0.2) is 5.78 Å². The van der Waals surface area contributed by atoms with Crippen molar-refractivity contribution >= 4 is 5.78 Å². The zero-order valence-corrected chi connectivity index (χ0v) is 10.7. The predicted octanol–water partition coefficient (Wildman–Crippen LogP) is 2.48. The second-order valence-electron chi connectivity index (χ2n) is 4.71. The summed E-state index contributed by atoms with van der Waals surface area (Å²) in [6.07, 6.45) is 6.26. The van der Waals surface area contributed by atoms with E-state index >= 15 is 0 Å². The minimum absolute atomic E-state index is 0.235. The number of carbonyl (C=O) groups is 1. The van der Waals surface area contributed by atoms with E-state index in [4.69, 9.17) is 4.74 Å². The average Bonchev–Trinajstić information content (AvgIpc) is 2.93. The minimum atomic E-state index is 0.235. The van der Waals surface area contributed by atoms with Crippen LogP contribution in [0.5, 0.6) is 5.75 Å². The molecule has 0 aliphatic heterocycles. The van der Waals surface area contributed by atoms with E-state index in [1.165, 1.54) is 0 Å². The van der Waals surface area contributed by atoms with Gasteiger partial charge in [0, 0.05) is 24.4 Å².